The number of anilines is 1. The van der Waals surface area contributed by atoms with Crippen LogP contribution in [-0.4, -0.2) is 4.98 Å². The lowest BCUT2D eigenvalue weighted by Gasteiger charge is -2.07. The van der Waals surface area contributed by atoms with Crippen molar-refractivity contribution < 1.29 is 4.42 Å². The first-order valence-corrected chi connectivity index (χ1v) is 6.63. The van der Waals surface area contributed by atoms with E-state index < -0.39 is 0 Å². The summed E-state index contributed by atoms with van der Waals surface area (Å²) in [6, 6.07) is 14.2. The van der Waals surface area contributed by atoms with E-state index in [2.05, 4.69) is 22.4 Å². The molecule has 0 saturated carbocycles. The highest BCUT2D eigenvalue weighted by molar-refractivity contribution is 5.77. The second kappa shape index (κ2) is 5.35. The van der Waals surface area contributed by atoms with Gasteiger partial charge in [0.15, 0.2) is 11.5 Å². The molecule has 3 rings (SSSR count). The Morgan fingerprint density at radius 3 is 2.85 bits per heavy atom. The third kappa shape index (κ3) is 2.65. The molecule has 2 aromatic carbocycles. The molecule has 4 nitrogen and oxygen atoms in total. The predicted octanol–water partition coefficient (Wildman–Crippen LogP) is 3.21. The predicted molar refractivity (Wildman–Crippen MR) is 80.4 cm³/mol. The number of nitrogens with one attached hydrogen (secondary N) is 1. The van der Waals surface area contributed by atoms with Crippen molar-refractivity contribution in [3.8, 4) is 0 Å². The number of hydrogen-bond acceptors (Lipinski definition) is 4. The van der Waals surface area contributed by atoms with E-state index in [1.807, 2.05) is 37.3 Å². The second-order valence-electron chi connectivity index (χ2n) is 4.79. The number of fused-ring (bicyclic) bond motifs is 1. The average molecular weight is 267 g/mol. The molecule has 0 aliphatic heterocycles. The Hall–Kier alpha value is -2.33. The lowest BCUT2D eigenvalue weighted by molar-refractivity contribution is 0.561. The summed E-state index contributed by atoms with van der Waals surface area (Å²) >= 11 is 0. The van der Waals surface area contributed by atoms with Gasteiger partial charge in [0.1, 0.15) is 5.52 Å². The summed E-state index contributed by atoms with van der Waals surface area (Å²) in [5.41, 5.74) is 10.7. The summed E-state index contributed by atoms with van der Waals surface area (Å²) in [5, 5.41) is 3.39. The van der Waals surface area contributed by atoms with Gasteiger partial charge in [0.05, 0.1) is 0 Å². The smallest absolute Gasteiger partial charge is 0.192 e. The lowest BCUT2D eigenvalue weighted by atomic mass is 10.1. The van der Waals surface area contributed by atoms with Gasteiger partial charge in [-0.1, -0.05) is 24.3 Å². The van der Waals surface area contributed by atoms with E-state index in [9.17, 15) is 0 Å². The first-order chi connectivity index (χ1) is 9.74. The zero-order valence-electron chi connectivity index (χ0n) is 11.4. The molecule has 0 unspecified atom stereocenters. The Bertz CT molecular complexity index is 733. The standard InChI is InChI=1S/C16H17N3O/c1-11-19-15-6-5-14(8-16(15)20-11)18-10-13-4-2-3-12(7-13)9-17/h2-8,18H,9-10,17H2,1H3. The van der Waals surface area contributed by atoms with Gasteiger partial charge in [0.2, 0.25) is 0 Å². The van der Waals surface area contributed by atoms with Gasteiger partial charge < -0.3 is 15.5 Å². The molecule has 4 heteroatoms. The molecule has 3 N–H and O–H groups in total. The van der Waals surface area contributed by atoms with Crippen molar-refractivity contribution in [2.75, 3.05) is 5.32 Å². The normalized spacial score (nSPS) is 10.9. The minimum atomic E-state index is 0.567. The lowest BCUT2D eigenvalue weighted by Crippen LogP contribution is -2.01. The highest BCUT2D eigenvalue weighted by Crippen LogP contribution is 2.20. The number of benzene rings is 2. The van der Waals surface area contributed by atoms with Crippen molar-refractivity contribution in [1.29, 1.82) is 0 Å². The molecule has 0 fully saturated rings. The molecule has 0 atom stereocenters. The number of oxazole rings is 1. The van der Waals surface area contributed by atoms with Crippen molar-refractivity contribution in [3.63, 3.8) is 0 Å². The van der Waals surface area contributed by atoms with E-state index in [-0.39, 0.29) is 0 Å². The van der Waals surface area contributed by atoms with Crippen LogP contribution in [0.25, 0.3) is 11.1 Å². The highest BCUT2D eigenvalue weighted by Gasteiger charge is 2.03. The monoisotopic (exact) mass is 267 g/mol. The quantitative estimate of drug-likeness (QED) is 0.762. The van der Waals surface area contributed by atoms with Crippen LogP contribution in [0.3, 0.4) is 0 Å². The molecule has 0 aliphatic rings. The van der Waals surface area contributed by atoms with Crippen molar-refractivity contribution in [3.05, 3.63) is 59.5 Å². The Balaban J connectivity index is 1.75. The van der Waals surface area contributed by atoms with Gasteiger partial charge >= 0.3 is 0 Å². The van der Waals surface area contributed by atoms with Crippen LogP contribution < -0.4 is 11.1 Å². The minimum absolute atomic E-state index is 0.567. The molecule has 0 amide bonds. The van der Waals surface area contributed by atoms with Crippen LogP contribution in [0.5, 0.6) is 0 Å². The van der Waals surface area contributed by atoms with E-state index in [0.29, 0.717) is 12.4 Å². The zero-order valence-corrected chi connectivity index (χ0v) is 11.4. The summed E-state index contributed by atoms with van der Waals surface area (Å²) in [7, 11) is 0. The van der Waals surface area contributed by atoms with Crippen LogP contribution in [0.4, 0.5) is 5.69 Å². The van der Waals surface area contributed by atoms with Crippen molar-refractivity contribution in [2.45, 2.75) is 20.0 Å². The van der Waals surface area contributed by atoms with E-state index >= 15 is 0 Å². The van der Waals surface area contributed by atoms with Gasteiger partial charge in [0.25, 0.3) is 0 Å². The topological polar surface area (TPSA) is 64.1 Å². The number of aromatic nitrogens is 1. The molecular weight excluding hydrogens is 250 g/mol. The van der Waals surface area contributed by atoms with Crippen molar-refractivity contribution >= 4 is 16.8 Å². The molecule has 1 heterocycles. The molecule has 3 aromatic rings. The van der Waals surface area contributed by atoms with Crippen LogP contribution >= 0.6 is 0 Å². The fraction of sp³-hybridized carbons (Fsp3) is 0.188. The maximum Gasteiger partial charge on any atom is 0.192 e. The molecule has 0 bridgehead atoms. The maximum atomic E-state index is 5.65. The number of hydrogen-bond donors (Lipinski definition) is 2. The second-order valence-corrected chi connectivity index (χ2v) is 4.79. The summed E-state index contributed by atoms with van der Waals surface area (Å²) in [6.45, 7) is 3.18. The Labute approximate surface area is 117 Å². The molecule has 0 aliphatic carbocycles. The number of nitrogens with zero attached hydrogens (tertiary/aromatic N) is 1. The third-order valence-electron chi connectivity index (χ3n) is 3.22. The van der Waals surface area contributed by atoms with E-state index in [1.165, 1.54) is 5.56 Å². The molecule has 20 heavy (non-hydrogen) atoms. The zero-order chi connectivity index (χ0) is 13.9. The van der Waals surface area contributed by atoms with Crippen LogP contribution in [0, 0.1) is 6.92 Å². The molecule has 0 saturated heterocycles. The number of aryl methyl sites for hydroxylation is 1. The summed E-state index contributed by atoms with van der Waals surface area (Å²) in [6.07, 6.45) is 0. The van der Waals surface area contributed by atoms with Gasteiger partial charge in [0, 0.05) is 31.8 Å². The number of rotatable bonds is 4. The molecule has 0 radical (unpaired) electrons. The van der Waals surface area contributed by atoms with Gasteiger partial charge in [-0.15, -0.1) is 0 Å². The fourth-order valence-corrected chi connectivity index (χ4v) is 2.22. The summed E-state index contributed by atoms with van der Waals surface area (Å²) < 4.78 is 5.53. The van der Waals surface area contributed by atoms with Crippen molar-refractivity contribution in [2.24, 2.45) is 5.73 Å². The molecule has 1 aromatic heterocycles. The number of nitrogens with two attached hydrogens (primary N) is 1. The first-order valence-electron chi connectivity index (χ1n) is 6.63. The van der Waals surface area contributed by atoms with Gasteiger partial charge in [-0.25, -0.2) is 4.98 Å². The Morgan fingerprint density at radius 1 is 1.15 bits per heavy atom. The van der Waals surface area contributed by atoms with Crippen molar-refractivity contribution in [1.82, 2.24) is 4.98 Å². The minimum Gasteiger partial charge on any atom is -0.441 e. The van der Waals surface area contributed by atoms with E-state index in [0.717, 1.165) is 28.9 Å². The highest BCUT2D eigenvalue weighted by atomic mass is 16.3. The first kappa shape index (κ1) is 12.7. The largest absolute Gasteiger partial charge is 0.441 e. The fourth-order valence-electron chi connectivity index (χ4n) is 2.22. The summed E-state index contributed by atoms with van der Waals surface area (Å²) in [5.74, 6) is 0.688. The Kier molecular flexibility index (Phi) is 3.39. The van der Waals surface area contributed by atoms with Gasteiger partial charge in [-0.3, -0.25) is 0 Å². The Morgan fingerprint density at radius 2 is 2.00 bits per heavy atom. The van der Waals surface area contributed by atoms with Crippen LogP contribution in [0.15, 0.2) is 46.9 Å². The van der Waals surface area contributed by atoms with Crippen LogP contribution in [-0.2, 0) is 13.1 Å². The van der Waals surface area contributed by atoms with E-state index in [1.54, 1.807) is 0 Å². The van der Waals surface area contributed by atoms with Gasteiger partial charge in [-0.2, -0.15) is 0 Å². The van der Waals surface area contributed by atoms with Crippen LogP contribution in [0.1, 0.15) is 17.0 Å². The SMILES string of the molecule is Cc1nc2ccc(NCc3cccc(CN)c3)cc2o1. The maximum absolute atomic E-state index is 5.65. The molecular formula is C16H17N3O. The van der Waals surface area contributed by atoms with Crippen LogP contribution in [0.2, 0.25) is 0 Å². The van der Waals surface area contributed by atoms with E-state index in [4.69, 9.17) is 10.2 Å². The third-order valence-corrected chi connectivity index (χ3v) is 3.22. The molecule has 102 valence electrons. The van der Waals surface area contributed by atoms with Gasteiger partial charge in [-0.05, 0) is 23.3 Å². The average Bonchev–Trinajstić information content (AvgIpc) is 2.84. The molecule has 0 spiro atoms. The summed E-state index contributed by atoms with van der Waals surface area (Å²) in [4.78, 5) is 4.29.